The Balaban J connectivity index is 1.99. The first kappa shape index (κ1) is 23.0. The lowest BCUT2D eigenvalue weighted by atomic mass is 10.0. The van der Waals surface area contributed by atoms with Crippen molar-refractivity contribution in [1.29, 1.82) is 0 Å². The van der Waals surface area contributed by atoms with Gasteiger partial charge in [-0.25, -0.2) is 9.59 Å². The Hall–Kier alpha value is -4.22. The fourth-order valence-electron chi connectivity index (χ4n) is 3.53. The van der Waals surface area contributed by atoms with E-state index < -0.39 is 41.1 Å². The molecular weight excluding hydrogens is 472 g/mol. The smallest absolute Gasteiger partial charge is 0.416 e. The summed E-state index contributed by atoms with van der Waals surface area (Å²) in [6.07, 6.45) is -10.1. The number of rotatable bonds is 4. The summed E-state index contributed by atoms with van der Waals surface area (Å²) in [7, 11) is 0. The summed E-state index contributed by atoms with van der Waals surface area (Å²) in [5, 5.41) is 21.4. The summed E-state index contributed by atoms with van der Waals surface area (Å²) in [5.41, 5.74) is -4.96. The van der Waals surface area contributed by atoms with E-state index in [9.17, 15) is 46.1 Å². The van der Waals surface area contributed by atoms with E-state index in [1.54, 1.807) is 0 Å². The number of fused-ring (bicyclic) bond motifs is 3. The number of carboxylic acids is 2. The largest absolute Gasteiger partial charge is 0.478 e. The number of hydrogen-bond donors (Lipinski definition) is 3. The van der Waals surface area contributed by atoms with E-state index >= 15 is 0 Å². The van der Waals surface area contributed by atoms with Gasteiger partial charge in [0.15, 0.2) is 5.58 Å². The number of anilines is 2. The Morgan fingerprint density at radius 3 is 1.85 bits per heavy atom. The van der Waals surface area contributed by atoms with Gasteiger partial charge in [0.25, 0.3) is 0 Å². The highest BCUT2D eigenvalue weighted by Crippen LogP contribution is 2.41. The van der Waals surface area contributed by atoms with Crippen molar-refractivity contribution in [2.45, 2.75) is 12.4 Å². The molecule has 4 aromatic rings. The molecule has 0 aliphatic heterocycles. The van der Waals surface area contributed by atoms with Crippen molar-refractivity contribution in [2.75, 3.05) is 5.32 Å². The van der Waals surface area contributed by atoms with Crippen LogP contribution in [-0.4, -0.2) is 22.2 Å². The van der Waals surface area contributed by atoms with Crippen molar-refractivity contribution in [2.24, 2.45) is 0 Å². The number of halogens is 6. The average molecular weight is 483 g/mol. The lowest BCUT2D eigenvalue weighted by Gasteiger charge is -2.16. The first-order valence-corrected chi connectivity index (χ1v) is 9.28. The van der Waals surface area contributed by atoms with Crippen molar-refractivity contribution >= 4 is 45.3 Å². The third kappa shape index (κ3) is 3.98. The number of alkyl halides is 6. The molecule has 0 fully saturated rings. The molecule has 0 saturated heterocycles. The molecule has 0 aliphatic carbocycles. The minimum Gasteiger partial charge on any atom is -0.478 e. The van der Waals surface area contributed by atoms with Gasteiger partial charge in [0.05, 0.1) is 22.2 Å². The van der Waals surface area contributed by atoms with Crippen LogP contribution in [0.4, 0.5) is 37.7 Å². The predicted molar refractivity (Wildman–Crippen MR) is 107 cm³/mol. The fourth-order valence-corrected chi connectivity index (χ4v) is 3.53. The Kier molecular flexibility index (Phi) is 5.18. The van der Waals surface area contributed by atoms with Gasteiger partial charge in [-0.2, -0.15) is 26.3 Å². The molecule has 34 heavy (non-hydrogen) atoms. The molecule has 4 rings (SSSR count). The summed E-state index contributed by atoms with van der Waals surface area (Å²) >= 11 is 0. The summed E-state index contributed by atoms with van der Waals surface area (Å²) in [6.45, 7) is 0. The molecule has 0 atom stereocenters. The zero-order chi connectivity index (χ0) is 25.0. The van der Waals surface area contributed by atoms with Crippen LogP contribution in [0.3, 0.4) is 0 Å². The third-order valence-electron chi connectivity index (χ3n) is 4.97. The highest BCUT2D eigenvalue weighted by atomic mass is 19.4. The maximum atomic E-state index is 13.2. The minimum absolute atomic E-state index is 0.0241. The van der Waals surface area contributed by atoms with Gasteiger partial charge in [0.2, 0.25) is 0 Å². The minimum atomic E-state index is -5.07. The van der Waals surface area contributed by atoms with Gasteiger partial charge in [-0.05, 0) is 36.4 Å². The summed E-state index contributed by atoms with van der Waals surface area (Å²) in [6, 6.07) is 7.01. The second kappa shape index (κ2) is 7.68. The van der Waals surface area contributed by atoms with E-state index in [2.05, 4.69) is 5.32 Å². The number of furan rings is 1. The molecule has 1 heterocycles. The lowest BCUT2D eigenvalue weighted by molar-refractivity contribution is -0.143. The van der Waals surface area contributed by atoms with E-state index in [1.165, 1.54) is 18.2 Å². The van der Waals surface area contributed by atoms with Crippen LogP contribution in [0.15, 0.2) is 52.9 Å². The molecule has 0 aliphatic rings. The highest BCUT2D eigenvalue weighted by molar-refractivity contribution is 6.19. The van der Waals surface area contributed by atoms with E-state index in [4.69, 9.17) is 4.42 Å². The number of aromatic carboxylic acids is 2. The fraction of sp³-hybridized carbons (Fsp3) is 0.0909. The zero-order valence-electron chi connectivity index (χ0n) is 16.5. The number of carboxylic acid groups (broad SMARTS) is 2. The van der Waals surface area contributed by atoms with E-state index in [0.29, 0.717) is 12.1 Å². The van der Waals surface area contributed by atoms with Crippen LogP contribution in [0, 0.1) is 0 Å². The van der Waals surface area contributed by atoms with E-state index in [1.807, 2.05) is 0 Å². The van der Waals surface area contributed by atoms with Gasteiger partial charge in [-0.15, -0.1) is 0 Å². The average Bonchev–Trinajstić information content (AvgIpc) is 3.12. The molecule has 0 unspecified atom stereocenters. The topological polar surface area (TPSA) is 99.8 Å². The van der Waals surface area contributed by atoms with Crippen molar-refractivity contribution in [3.05, 3.63) is 70.8 Å². The Bertz CT molecular complexity index is 1440. The molecule has 0 radical (unpaired) electrons. The second-order valence-corrected chi connectivity index (χ2v) is 7.18. The van der Waals surface area contributed by atoms with Crippen LogP contribution < -0.4 is 5.32 Å². The summed E-state index contributed by atoms with van der Waals surface area (Å²) < 4.78 is 84.8. The zero-order valence-corrected chi connectivity index (χ0v) is 16.5. The molecule has 176 valence electrons. The van der Waals surface area contributed by atoms with Crippen molar-refractivity contribution in [3.8, 4) is 0 Å². The first-order valence-electron chi connectivity index (χ1n) is 9.28. The number of carbonyl (C=O) groups is 2. The first-order chi connectivity index (χ1) is 15.8. The maximum absolute atomic E-state index is 13.2. The molecule has 3 aromatic carbocycles. The Morgan fingerprint density at radius 2 is 1.32 bits per heavy atom. The van der Waals surface area contributed by atoms with Gasteiger partial charge in [0.1, 0.15) is 16.7 Å². The van der Waals surface area contributed by atoms with Crippen molar-refractivity contribution in [3.63, 3.8) is 0 Å². The molecule has 0 bridgehead atoms. The van der Waals surface area contributed by atoms with Crippen molar-refractivity contribution < 1.29 is 50.6 Å². The van der Waals surface area contributed by atoms with Crippen LogP contribution in [0.1, 0.15) is 31.8 Å². The van der Waals surface area contributed by atoms with Crippen LogP contribution in [0.5, 0.6) is 0 Å². The van der Waals surface area contributed by atoms with E-state index in [0.717, 1.165) is 12.1 Å². The highest BCUT2D eigenvalue weighted by Gasteiger charge is 2.37. The molecule has 0 amide bonds. The standard InChI is InChI=1S/C22H11F6NO5/c23-21(24,25)9-6-10(22(26,27)28)8-11(7-9)29-15-5-4-14(20(32)33)18-16(15)12-2-1-3-13(19(30)31)17(12)34-18/h1-8,29H,(H,30,31)(H,32,33). The van der Waals surface area contributed by atoms with Gasteiger partial charge in [-0.3, -0.25) is 0 Å². The predicted octanol–water partition coefficient (Wildman–Crippen LogP) is 6.76. The quantitative estimate of drug-likeness (QED) is 0.277. The Labute approximate surface area is 185 Å². The SMILES string of the molecule is O=C(O)c1cccc2c1oc1c(C(=O)O)ccc(Nc3cc(C(F)(F)F)cc(C(F)(F)F)c3)c12. The molecular formula is C22H11F6NO5. The number of nitrogens with one attached hydrogen (secondary N) is 1. The van der Waals surface area contributed by atoms with Gasteiger partial charge in [-0.1, -0.05) is 12.1 Å². The Morgan fingerprint density at radius 1 is 0.765 bits per heavy atom. The molecule has 12 heteroatoms. The van der Waals surface area contributed by atoms with E-state index in [-0.39, 0.29) is 44.8 Å². The third-order valence-corrected chi connectivity index (χ3v) is 4.97. The van der Waals surface area contributed by atoms with Crippen LogP contribution in [0.25, 0.3) is 21.9 Å². The molecule has 6 nitrogen and oxygen atoms in total. The number of para-hydroxylation sites is 1. The van der Waals surface area contributed by atoms with Crippen LogP contribution in [0.2, 0.25) is 0 Å². The summed E-state index contributed by atoms with van der Waals surface area (Å²) in [4.78, 5) is 23.2. The maximum Gasteiger partial charge on any atom is 0.416 e. The molecule has 0 saturated carbocycles. The van der Waals surface area contributed by atoms with Crippen molar-refractivity contribution in [1.82, 2.24) is 0 Å². The lowest BCUT2D eigenvalue weighted by Crippen LogP contribution is -2.11. The van der Waals surface area contributed by atoms with Crippen LogP contribution in [-0.2, 0) is 12.4 Å². The molecule has 0 spiro atoms. The number of hydrogen-bond acceptors (Lipinski definition) is 4. The molecule has 3 N–H and O–H groups in total. The normalized spacial score (nSPS) is 12.3. The monoisotopic (exact) mass is 483 g/mol. The number of benzene rings is 3. The molecule has 1 aromatic heterocycles. The second-order valence-electron chi connectivity index (χ2n) is 7.18. The van der Waals surface area contributed by atoms with Gasteiger partial charge >= 0.3 is 24.3 Å². The van der Waals surface area contributed by atoms with Crippen LogP contribution >= 0.6 is 0 Å². The van der Waals surface area contributed by atoms with Gasteiger partial charge in [0, 0.05) is 11.1 Å². The summed E-state index contributed by atoms with van der Waals surface area (Å²) in [5.74, 6) is -2.82. The van der Waals surface area contributed by atoms with Gasteiger partial charge < -0.3 is 19.9 Å².